The van der Waals surface area contributed by atoms with Gasteiger partial charge in [-0.25, -0.2) is 4.39 Å². The molecule has 0 aliphatic rings. The van der Waals surface area contributed by atoms with Gasteiger partial charge < -0.3 is 4.74 Å². The van der Waals surface area contributed by atoms with Crippen LogP contribution in [0.2, 0.25) is 0 Å². The fourth-order valence-electron chi connectivity index (χ4n) is 2.06. The number of ketones is 1. The van der Waals surface area contributed by atoms with E-state index in [0.29, 0.717) is 5.75 Å². The van der Waals surface area contributed by atoms with E-state index in [9.17, 15) is 9.18 Å². The van der Waals surface area contributed by atoms with Gasteiger partial charge in [0.1, 0.15) is 17.3 Å². The molecule has 2 nitrogen and oxygen atoms in total. The maximum atomic E-state index is 13.3. The number of carbonyl (C=O) groups excluding carboxylic acids is 1. The molecule has 0 saturated carbocycles. The van der Waals surface area contributed by atoms with Crippen LogP contribution >= 0.6 is 0 Å². The Hall–Kier alpha value is -2.16. The molecule has 0 atom stereocenters. The minimum absolute atomic E-state index is 0.220. The van der Waals surface area contributed by atoms with Gasteiger partial charge in [-0.05, 0) is 62.6 Å². The number of Topliss-reactive ketones (excluding diaryl/α,β-unsaturated/α-hetero) is 1. The number of aryl methyl sites for hydroxylation is 2. The molecule has 0 aliphatic heterocycles. The van der Waals surface area contributed by atoms with Crippen LogP contribution < -0.4 is 4.74 Å². The van der Waals surface area contributed by atoms with Crippen LogP contribution in [0.15, 0.2) is 30.3 Å². The normalized spacial score (nSPS) is 10.4. The van der Waals surface area contributed by atoms with Crippen molar-refractivity contribution in [3.05, 3.63) is 58.4 Å². The van der Waals surface area contributed by atoms with Crippen molar-refractivity contribution in [1.29, 1.82) is 0 Å². The van der Waals surface area contributed by atoms with Crippen LogP contribution in [0.4, 0.5) is 4.39 Å². The summed E-state index contributed by atoms with van der Waals surface area (Å²) in [6.45, 7) is 7.31. The van der Waals surface area contributed by atoms with Crippen LogP contribution in [-0.2, 0) is 0 Å². The monoisotopic (exact) mass is 272 g/mol. The lowest BCUT2D eigenvalue weighted by Gasteiger charge is -2.15. The number of rotatable bonds is 3. The highest BCUT2D eigenvalue weighted by Gasteiger charge is 2.14. The Morgan fingerprint density at radius 2 is 1.70 bits per heavy atom. The molecule has 20 heavy (non-hydrogen) atoms. The highest BCUT2D eigenvalue weighted by Crippen LogP contribution is 2.32. The van der Waals surface area contributed by atoms with Crippen LogP contribution in [-0.4, -0.2) is 5.78 Å². The Morgan fingerprint density at radius 3 is 2.35 bits per heavy atom. The second-order valence-electron chi connectivity index (χ2n) is 4.95. The van der Waals surface area contributed by atoms with E-state index in [0.717, 1.165) is 22.4 Å². The van der Waals surface area contributed by atoms with Crippen LogP contribution in [0.1, 0.15) is 34.0 Å². The third-order valence-corrected chi connectivity index (χ3v) is 3.41. The molecule has 0 radical (unpaired) electrons. The van der Waals surface area contributed by atoms with Gasteiger partial charge in [0, 0.05) is 0 Å². The van der Waals surface area contributed by atoms with Crippen LogP contribution in [0.5, 0.6) is 11.5 Å². The molecule has 0 bridgehead atoms. The summed E-state index contributed by atoms with van der Waals surface area (Å²) in [6.07, 6.45) is 0. The summed E-state index contributed by atoms with van der Waals surface area (Å²) in [5, 5.41) is 0. The van der Waals surface area contributed by atoms with Gasteiger partial charge in [0.2, 0.25) is 0 Å². The van der Waals surface area contributed by atoms with Crippen molar-refractivity contribution in [3.63, 3.8) is 0 Å². The lowest BCUT2D eigenvalue weighted by Crippen LogP contribution is -2.00. The molecule has 0 unspecified atom stereocenters. The van der Waals surface area contributed by atoms with Crippen molar-refractivity contribution in [2.45, 2.75) is 27.7 Å². The van der Waals surface area contributed by atoms with Gasteiger partial charge in [-0.1, -0.05) is 12.1 Å². The first-order chi connectivity index (χ1) is 9.40. The second kappa shape index (κ2) is 5.45. The standard InChI is InChI=1S/C17H17FO2/c1-10-5-6-11(2)17(12(10)3)20-16-8-7-14(18)9-15(16)13(4)19/h5-9H,1-4H3. The molecule has 0 N–H and O–H groups in total. The number of halogens is 1. The molecule has 0 heterocycles. The zero-order valence-electron chi connectivity index (χ0n) is 12.1. The average Bonchev–Trinajstić information content (AvgIpc) is 2.40. The third kappa shape index (κ3) is 2.72. The summed E-state index contributed by atoms with van der Waals surface area (Å²) in [4.78, 5) is 11.6. The maximum Gasteiger partial charge on any atom is 0.163 e. The first kappa shape index (κ1) is 14.3. The summed E-state index contributed by atoms with van der Waals surface area (Å²) < 4.78 is 19.1. The van der Waals surface area contributed by atoms with Gasteiger partial charge in [0.15, 0.2) is 5.78 Å². The van der Waals surface area contributed by atoms with Crippen molar-refractivity contribution in [2.75, 3.05) is 0 Å². The SMILES string of the molecule is CC(=O)c1cc(F)ccc1Oc1c(C)ccc(C)c1C. The fourth-order valence-corrected chi connectivity index (χ4v) is 2.06. The van der Waals surface area contributed by atoms with Crippen molar-refractivity contribution >= 4 is 5.78 Å². The number of carbonyl (C=O) groups is 1. The molecule has 2 rings (SSSR count). The number of hydrogen-bond acceptors (Lipinski definition) is 2. The van der Waals surface area contributed by atoms with Crippen LogP contribution in [0, 0.1) is 26.6 Å². The van der Waals surface area contributed by atoms with E-state index >= 15 is 0 Å². The van der Waals surface area contributed by atoms with Gasteiger partial charge in [-0.2, -0.15) is 0 Å². The van der Waals surface area contributed by atoms with Crippen molar-refractivity contribution < 1.29 is 13.9 Å². The molecular weight excluding hydrogens is 255 g/mol. The van der Waals surface area contributed by atoms with E-state index in [1.807, 2.05) is 32.9 Å². The predicted molar refractivity (Wildman–Crippen MR) is 77.1 cm³/mol. The van der Waals surface area contributed by atoms with Gasteiger partial charge in [0.25, 0.3) is 0 Å². The van der Waals surface area contributed by atoms with Crippen LogP contribution in [0.25, 0.3) is 0 Å². The zero-order valence-corrected chi connectivity index (χ0v) is 12.1. The number of benzene rings is 2. The summed E-state index contributed by atoms with van der Waals surface area (Å²) in [7, 11) is 0. The Morgan fingerprint density at radius 1 is 1.05 bits per heavy atom. The molecule has 0 saturated heterocycles. The lowest BCUT2D eigenvalue weighted by molar-refractivity contribution is 0.101. The number of hydrogen-bond donors (Lipinski definition) is 0. The van der Waals surface area contributed by atoms with Crippen LogP contribution in [0.3, 0.4) is 0 Å². The van der Waals surface area contributed by atoms with Gasteiger partial charge in [0.05, 0.1) is 5.56 Å². The molecule has 3 heteroatoms. The molecule has 0 aromatic heterocycles. The quantitative estimate of drug-likeness (QED) is 0.754. The largest absolute Gasteiger partial charge is 0.456 e. The van der Waals surface area contributed by atoms with Crippen molar-refractivity contribution in [1.82, 2.24) is 0 Å². The highest BCUT2D eigenvalue weighted by atomic mass is 19.1. The predicted octanol–water partition coefficient (Wildman–Crippen LogP) is 4.75. The Bertz CT molecular complexity index is 675. The first-order valence-corrected chi connectivity index (χ1v) is 6.45. The molecular formula is C17H17FO2. The van der Waals surface area contributed by atoms with Gasteiger partial charge in [-0.3, -0.25) is 4.79 Å². The molecule has 0 fully saturated rings. The van der Waals surface area contributed by atoms with Crippen molar-refractivity contribution in [3.8, 4) is 11.5 Å². The number of ether oxygens (including phenoxy) is 1. The topological polar surface area (TPSA) is 26.3 Å². The fraction of sp³-hybridized carbons (Fsp3) is 0.235. The van der Waals surface area contributed by atoms with E-state index < -0.39 is 5.82 Å². The van der Waals surface area contributed by atoms with Gasteiger partial charge in [-0.15, -0.1) is 0 Å². The third-order valence-electron chi connectivity index (χ3n) is 3.41. The second-order valence-corrected chi connectivity index (χ2v) is 4.95. The first-order valence-electron chi connectivity index (χ1n) is 6.45. The van der Waals surface area contributed by atoms with E-state index in [2.05, 4.69) is 0 Å². The molecule has 104 valence electrons. The smallest absolute Gasteiger partial charge is 0.163 e. The Kier molecular flexibility index (Phi) is 3.89. The summed E-state index contributed by atoms with van der Waals surface area (Å²) in [5.74, 6) is 0.442. The van der Waals surface area contributed by atoms with E-state index in [4.69, 9.17) is 4.74 Å². The average molecular weight is 272 g/mol. The lowest BCUT2D eigenvalue weighted by atomic mass is 10.0. The molecule has 2 aromatic carbocycles. The summed E-state index contributed by atoms with van der Waals surface area (Å²) >= 11 is 0. The van der Waals surface area contributed by atoms with E-state index in [1.165, 1.54) is 25.1 Å². The highest BCUT2D eigenvalue weighted by molar-refractivity contribution is 5.96. The molecule has 0 amide bonds. The summed E-state index contributed by atoms with van der Waals surface area (Å²) in [5.41, 5.74) is 3.36. The van der Waals surface area contributed by atoms with Gasteiger partial charge >= 0.3 is 0 Å². The molecule has 0 spiro atoms. The Labute approximate surface area is 118 Å². The molecule has 0 aliphatic carbocycles. The maximum absolute atomic E-state index is 13.3. The van der Waals surface area contributed by atoms with E-state index in [-0.39, 0.29) is 11.3 Å². The molecule has 2 aromatic rings. The summed E-state index contributed by atoms with van der Waals surface area (Å²) in [6, 6.07) is 7.98. The Balaban J connectivity index is 2.51. The minimum atomic E-state index is -0.444. The van der Waals surface area contributed by atoms with E-state index in [1.54, 1.807) is 0 Å². The van der Waals surface area contributed by atoms with Crippen molar-refractivity contribution in [2.24, 2.45) is 0 Å². The zero-order chi connectivity index (χ0) is 14.9. The minimum Gasteiger partial charge on any atom is -0.456 e.